The highest BCUT2D eigenvalue weighted by atomic mass is 32.3. The van der Waals surface area contributed by atoms with E-state index in [9.17, 15) is 8.42 Å². The quantitative estimate of drug-likeness (QED) is 0.789. The van der Waals surface area contributed by atoms with Gasteiger partial charge in [-0.1, -0.05) is 11.8 Å². The Bertz CT molecular complexity index is 469. The lowest BCUT2D eigenvalue weighted by atomic mass is 10.2. The van der Waals surface area contributed by atoms with Gasteiger partial charge in [0.2, 0.25) is 10.0 Å². The first-order valence-corrected chi connectivity index (χ1v) is 8.49. The summed E-state index contributed by atoms with van der Waals surface area (Å²) in [5.74, 6) is 1.65. The molecule has 0 saturated carbocycles. The number of aliphatic hydroxyl groups is 1. The molecule has 0 saturated heterocycles. The van der Waals surface area contributed by atoms with Crippen molar-refractivity contribution in [2.24, 2.45) is 5.14 Å². The Morgan fingerprint density at radius 3 is 3.00 bits per heavy atom. The first-order valence-electron chi connectivity index (χ1n) is 5.02. The van der Waals surface area contributed by atoms with Crippen LogP contribution in [0.2, 0.25) is 0 Å². The number of ether oxygens (including phenoxy) is 1. The Morgan fingerprint density at radius 2 is 2.35 bits per heavy atom. The van der Waals surface area contributed by atoms with E-state index in [0.717, 1.165) is 23.5 Å². The Kier molecular flexibility index (Phi) is 4.09. The maximum atomic E-state index is 11.3. The first-order chi connectivity index (χ1) is 8.02. The van der Waals surface area contributed by atoms with Crippen LogP contribution in [0.5, 0.6) is 0 Å². The molecule has 0 fully saturated rings. The molecule has 0 aliphatic carbocycles. The number of thioether (sulfide) groups is 2. The number of aliphatic hydroxyl groups excluding tert-OH is 1. The van der Waals surface area contributed by atoms with Crippen LogP contribution in [0.1, 0.15) is 6.42 Å². The topological polar surface area (TPSA) is 89.6 Å². The molecule has 0 aromatic heterocycles. The van der Waals surface area contributed by atoms with E-state index in [1.165, 1.54) is 11.8 Å². The van der Waals surface area contributed by atoms with Crippen molar-refractivity contribution in [1.29, 1.82) is 0 Å². The van der Waals surface area contributed by atoms with E-state index in [2.05, 4.69) is 0 Å². The molecule has 0 aromatic rings. The van der Waals surface area contributed by atoms with Crippen LogP contribution in [0.4, 0.5) is 0 Å². The molecule has 2 heterocycles. The van der Waals surface area contributed by atoms with Gasteiger partial charge in [0.1, 0.15) is 16.6 Å². The predicted octanol–water partition coefficient (Wildman–Crippen LogP) is 0.589. The molecule has 8 heteroatoms. The average Bonchev–Trinajstić information content (AvgIpc) is 2.70. The van der Waals surface area contributed by atoms with Crippen molar-refractivity contribution in [2.75, 3.05) is 19.0 Å². The van der Waals surface area contributed by atoms with Crippen LogP contribution in [0, 0.1) is 0 Å². The maximum Gasteiger partial charge on any atom is 0.244 e. The third-order valence-corrected chi connectivity index (χ3v) is 6.49. The summed E-state index contributed by atoms with van der Waals surface area (Å²) in [7, 11) is -3.63. The number of sulfonamides is 1. The van der Waals surface area contributed by atoms with Crippen molar-refractivity contribution in [3.8, 4) is 0 Å². The lowest BCUT2D eigenvalue weighted by molar-refractivity contribution is 0.139. The largest absolute Gasteiger partial charge is 0.495 e. The second kappa shape index (κ2) is 5.23. The smallest absolute Gasteiger partial charge is 0.244 e. The molecule has 96 valence electrons. The molecule has 0 bridgehead atoms. The third-order valence-electron chi connectivity index (χ3n) is 2.32. The van der Waals surface area contributed by atoms with Gasteiger partial charge in [-0.05, 0) is 6.08 Å². The minimum Gasteiger partial charge on any atom is -0.495 e. The Morgan fingerprint density at radius 1 is 1.59 bits per heavy atom. The molecule has 0 aromatic carbocycles. The zero-order chi connectivity index (χ0) is 12.5. The molecule has 5 nitrogen and oxygen atoms in total. The Labute approximate surface area is 109 Å². The van der Waals surface area contributed by atoms with Gasteiger partial charge in [0.15, 0.2) is 0 Å². The zero-order valence-electron chi connectivity index (χ0n) is 8.96. The fourth-order valence-corrected chi connectivity index (χ4v) is 5.41. The van der Waals surface area contributed by atoms with Crippen molar-refractivity contribution in [3.05, 3.63) is 21.6 Å². The lowest BCUT2D eigenvalue weighted by Gasteiger charge is -2.21. The van der Waals surface area contributed by atoms with E-state index in [4.69, 9.17) is 15.0 Å². The average molecular weight is 295 g/mol. The maximum absolute atomic E-state index is 11.3. The van der Waals surface area contributed by atoms with Gasteiger partial charge in [-0.2, -0.15) is 0 Å². The molecule has 0 amide bonds. The fraction of sp³-hybridized carbons (Fsp3) is 0.556. The van der Waals surface area contributed by atoms with Crippen molar-refractivity contribution in [3.63, 3.8) is 0 Å². The number of nitrogens with two attached hydrogens (primary N) is 1. The summed E-state index contributed by atoms with van der Waals surface area (Å²) in [5.41, 5.74) is 0.878. The molecular weight excluding hydrogens is 282 g/mol. The van der Waals surface area contributed by atoms with Gasteiger partial charge in [-0.15, -0.1) is 11.8 Å². The van der Waals surface area contributed by atoms with Gasteiger partial charge in [0.25, 0.3) is 0 Å². The van der Waals surface area contributed by atoms with Crippen LogP contribution in [0.15, 0.2) is 21.6 Å². The Hall–Kier alpha value is -0.150. The number of hydrogen-bond donors (Lipinski definition) is 2. The van der Waals surface area contributed by atoms with Gasteiger partial charge in [-0.3, -0.25) is 0 Å². The number of allylic oxidation sites excluding steroid dienone is 2. The first kappa shape index (κ1) is 13.3. The summed E-state index contributed by atoms with van der Waals surface area (Å²) >= 11 is 2.93. The summed E-state index contributed by atoms with van der Waals surface area (Å²) in [6.45, 7) is 0.187. The second-order valence-corrected chi connectivity index (χ2v) is 7.98. The van der Waals surface area contributed by atoms with E-state index in [-0.39, 0.29) is 22.0 Å². The molecule has 2 aliphatic heterocycles. The molecule has 0 spiro atoms. The van der Waals surface area contributed by atoms with E-state index in [1.54, 1.807) is 17.8 Å². The molecule has 1 unspecified atom stereocenters. The molecule has 3 N–H and O–H groups in total. The highest BCUT2D eigenvalue weighted by Crippen LogP contribution is 2.48. The number of hydrogen-bond acceptors (Lipinski definition) is 6. The van der Waals surface area contributed by atoms with Gasteiger partial charge in [0, 0.05) is 17.7 Å². The normalized spacial score (nSPS) is 24.6. The van der Waals surface area contributed by atoms with Crippen LogP contribution in [-0.2, 0) is 14.8 Å². The van der Waals surface area contributed by atoms with Crippen molar-refractivity contribution in [1.82, 2.24) is 0 Å². The summed E-state index contributed by atoms with van der Waals surface area (Å²) in [6, 6.07) is 0. The Balaban J connectivity index is 2.27. The van der Waals surface area contributed by atoms with E-state index < -0.39 is 10.0 Å². The van der Waals surface area contributed by atoms with Crippen LogP contribution >= 0.6 is 23.5 Å². The van der Waals surface area contributed by atoms with Crippen LogP contribution in [-0.4, -0.2) is 37.1 Å². The van der Waals surface area contributed by atoms with E-state index >= 15 is 0 Å². The van der Waals surface area contributed by atoms with Crippen molar-refractivity contribution >= 4 is 33.5 Å². The molecule has 17 heavy (non-hydrogen) atoms. The number of fused-ring (bicyclic) bond motifs is 1. The second-order valence-electron chi connectivity index (χ2n) is 3.53. The van der Waals surface area contributed by atoms with Gasteiger partial charge in [0.05, 0.1) is 11.2 Å². The van der Waals surface area contributed by atoms with Gasteiger partial charge < -0.3 is 9.84 Å². The number of primary sulfonamides is 1. The SMILES string of the molecule is NS(=O)(=O)C1=CC2=C(OCCO)CCSC2S1. The molecule has 0 radical (unpaired) electrons. The van der Waals surface area contributed by atoms with Gasteiger partial charge >= 0.3 is 0 Å². The summed E-state index contributed by atoms with van der Waals surface area (Å²) in [4.78, 5) is 0. The predicted molar refractivity (Wildman–Crippen MR) is 69.7 cm³/mol. The molecule has 1 atom stereocenters. The highest BCUT2D eigenvalue weighted by molar-refractivity contribution is 8.26. The van der Waals surface area contributed by atoms with Crippen molar-refractivity contribution in [2.45, 2.75) is 11.0 Å². The summed E-state index contributed by atoms with van der Waals surface area (Å²) < 4.78 is 28.2. The van der Waals surface area contributed by atoms with Gasteiger partial charge in [-0.25, -0.2) is 13.6 Å². The van der Waals surface area contributed by atoms with E-state index in [0.29, 0.717) is 0 Å². The minimum atomic E-state index is -3.63. The number of rotatable bonds is 4. The summed E-state index contributed by atoms with van der Waals surface area (Å²) in [6.07, 6.45) is 2.34. The lowest BCUT2D eigenvalue weighted by Crippen LogP contribution is -2.12. The summed E-state index contributed by atoms with van der Waals surface area (Å²) in [5, 5.41) is 13.8. The standard InChI is InChI=1S/C9H13NO4S3/c10-17(12,13)8-5-6-7(14-3-2-11)1-4-15-9(6)16-8/h5,9,11H,1-4H2,(H2,10,12,13). The fourth-order valence-electron chi connectivity index (χ4n) is 1.61. The minimum absolute atomic E-state index is 0.0470. The van der Waals surface area contributed by atoms with E-state index in [1.807, 2.05) is 0 Å². The molecule has 2 aliphatic rings. The molecular formula is C9H13NO4S3. The van der Waals surface area contributed by atoms with Crippen LogP contribution < -0.4 is 5.14 Å². The van der Waals surface area contributed by atoms with Crippen LogP contribution in [0.25, 0.3) is 0 Å². The van der Waals surface area contributed by atoms with Crippen molar-refractivity contribution < 1.29 is 18.3 Å². The molecule has 2 rings (SSSR count). The monoisotopic (exact) mass is 295 g/mol. The zero-order valence-corrected chi connectivity index (χ0v) is 11.4. The third kappa shape index (κ3) is 3.00. The van der Waals surface area contributed by atoms with Crippen LogP contribution in [0.3, 0.4) is 0 Å². The highest BCUT2D eigenvalue weighted by Gasteiger charge is 2.34.